The van der Waals surface area contributed by atoms with Crippen molar-refractivity contribution in [3.8, 4) is 17.2 Å². The number of imide groups is 1. The molecule has 3 aromatic rings. The van der Waals surface area contributed by atoms with Gasteiger partial charge >= 0.3 is 6.03 Å². The first-order valence-corrected chi connectivity index (χ1v) is 10.8. The largest absolute Gasteiger partial charge is 0.497 e. The Kier molecular flexibility index (Phi) is 5.16. The number of fused-ring (bicyclic) bond motifs is 4. The molecule has 3 amide bonds. The Balaban J connectivity index is 1.66. The normalized spacial score (nSPS) is 20.9. The highest BCUT2D eigenvalue weighted by Crippen LogP contribution is 2.49. The predicted molar refractivity (Wildman–Crippen MR) is 123 cm³/mol. The average Bonchev–Trinajstić information content (AvgIpc) is 2.84. The summed E-state index contributed by atoms with van der Waals surface area (Å²) >= 11 is 0. The highest BCUT2D eigenvalue weighted by Gasteiger charge is 2.55. The smallest absolute Gasteiger partial charge is 0.335 e. The molecule has 34 heavy (non-hydrogen) atoms. The maximum atomic E-state index is 14.0. The van der Waals surface area contributed by atoms with Gasteiger partial charge in [0.2, 0.25) is 0 Å². The second-order valence-corrected chi connectivity index (χ2v) is 8.41. The number of nitrogens with zero attached hydrogens (tertiary/aromatic N) is 2. The molecule has 0 radical (unpaired) electrons. The lowest BCUT2D eigenvalue weighted by atomic mass is 9.88. The van der Waals surface area contributed by atoms with Gasteiger partial charge in [-0.1, -0.05) is 18.2 Å². The number of hydrogen-bond donors (Lipinski definition) is 0. The molecule has 2 heterocycles. The third kappa shape index (κ3) is 3.42. The van der Waals surface area contributed by atoms with Crippen LogP contribution in [0, 0.1) is 5.82 Å². The van der Waals surface area contributed by atoms with E-state index in [2.05, 4.69) is 0 Å². The van der Waals surface area contributed by atoms with Crippen LogP contribution in [0.1, 0.15) is 35.3 Å². The molecule has 0 aromatic heterocycles. The number of para-hydroxylation sites is 1. The van der Waals surface area contributed by atoms with E-state index in [-0.39, 0.29) is 5.56 Å². The minimum atomic E-state index is -1.07. The van der Waals surface area contributed by atoms with Gasteiger partial charge in [0.15, 0.2) is 5.72 Å². The minimum Gasteiger partial charge on any atom is -0.497 e. The van der Waals surface area contributed by atoms with E-state index in [1.165, 1.54) is 48.3 Å². The first-order chi connectivity index (χ1) is 16.3. The van der Waals surface area contributed by atoms with Crippen molar-refractivity contribution in [1.29, 1.82) is 0 Å². The average molecular weight is 462 g/mol. The Morgan fingerprint density at radius 1 is 1.03 bits per heavy atom. The Hall–Kier alpha value is -4.07. The summed E-state index contributed by atoms with van der Waals surface area (Å²) in [4.78, 5) is 30.5. The second-order valence-electron chi connectivity index (χ2n) is 8.41. The van der Waals surface area contributed by atoms with Gasteiger partial charge in [-0.3, -0.25) is 14.6 Å². The van der Waals surface area contributed by atoms with E-state index < -0.39 is 29.5 Å². The molecule has 1 saturated heterocycles. The number of amides is 3. The van der Waals surface area contributed by atoms with E-state index >= 15 is 0 Å². The number of anilines is 1. The molecule has 7 nitrogen and oxygen atoms in total. The summed E-state index contributed by atoms with van der Waals surface area (Å²) in [5.41, 5.74) is 0.343. The third-order valence-electron chi connectivity index (χ3n) is 6.26. The number of carbonyl (C=O) groups is 2. The zero-order chi connectivity index (χ0) is 24.0. The predicted octanol–water partition coefficient (Wildman–Crippen LogP) is 5.17. The summed E-state index contributed by atoms with van der Waals surface area (Å²) in [6.07, 6.45) is 0.333. The van der Waals surface area contributed by atoms with Crippen LogP contribution in [0.5, 0.6) is 17.2 Å². The van der Waals surface area contributed by atoms with E-state index in [1.807, 2.05) is 24.3 Å². The van der Waals surface area contributed by atoms with Crippen molar-refractivity contribution in [1.82, 2.24) is 4.90 Å². The lowest BCUT2D eigenvalue weighted by molar-refractivity contribution is 0.00264. The van der Waals surface area contributed by atoms with Crippen molar-refractivity contribution in [2.75, 3.05) is 19.1 Å². The monoisotopic (exact) mass is 462 g/mol. The molecule has 3 aromatic carbocycles. The van der Waals surface area contributed by atoms with Crippen molar-refractivity contribution in [2.24, 2.45) is 0 Å². The molecule has 0 spiro atoms. The van der Waals surface area contributed by atoms with E-state index in [0.717, 1.165) is 5.56 Å². The van der Waals surface area contributed by atoms with Gasteiger partial charge in [0.1, 0.15) is 23.1 Å². The van der Waals surface area contributed by atoms with Crippen LogP contribution >= 0.6 is 0 Å². The number of benzene rings is 3. The van der Waals surface area contributed by atoms with E-state index in [9.17, 15) is 14.0 Å². The second kappa shape index (κ2) is 8.06. The fraction of sp³-hybridized carbons (Fsp3) is 0.231. The van der Waals surface area contributed by atoms with Gasteiger partial charge in [-0.2, -0.15) is 0 Å². The van der Waals surface area contributed by atoms with Crippen molar-refractivity contribution in [3.05, 3.63) is 83.7 Å². The van der Waals surface area contributed by atoms with Crippen molar-refractivity contribution in [3.63, 3.8) is 0 Å². The summed E-state index contributed by atoms with van der Waals surface area (Å²) in [6.45, 7) is 1.80. The Morgan fingerprint density at radius 3 is 2.32 bits per heavy atom. The molecule has 0 N–H and O–H groups in total. The first-order valence-electron chi connectivity index (χ1n) is 10.8. The maximum absolute atomic E-state index is 14.0. The van der Waals surface area contributed by atoms with Gasteiger partial charge in [0.25, 0.3) is 5.91 Å². The molecular weight excluding hydrogens is 439 g/mol. The van der Waals surface area contributed by atoms with Crippen LogP contribution in [0.2, 0.25) is 0 Å². The number of ether oxygens (including phenoxy) is 3. The molecule has 174 valence electrons. The van der Waals surface area contributed by atoms with Crippen LogP contribution in [0.3, 0.4) is 0 Å². The zero-order valence-corrected chi connectivity index (χ0v) is 18.9. The maximum Gasteiger partial charge on any atom is 0.335 e. The Labute approximate surface area is 196 Å². The van der Waals surface area contributed by atoms with Gasteiger partial charge < -0.3 is 14.2 Å². The van der Waals surface area contributed by atoms with Gasteiger partial charge in [-0.05, 0) is 49.4 Å². The Bertz CT molecular complexity index is 1260. The van der Waals surface area contributed by atoms with Gasteiger partial charge in [0, 0.05) is 29.3 Å². The molecule has 8 heteroatoms. The number of rotatable bonds is 4. The highest BCUT2D eigenvalue weighted by atomic mass is 19.1. The van der Waals surface area contributed by atoms with Crippen molar-refractivity contribution in [2.45, 2.75) is 25.1 Å². The van der Waals surface area contributed by atoms with Crippen LogP contribution in [0.4, 0.5) is 14.9 Å². The molecule has 2 unspecified atom stereocenters. The van der Waals surface area contributed by atoms with Crippen LogP contribution in [-0.4, -0.2) is 36.8 Å². The lowest BCUT2D eigenvalue weighted by Gasteiger charge is -2.53. The summed E-state index contributed by atoms with van der Waals surface area (Å²) in [6, 6.07) is 16.6. The van der Waals surface area contributed by atoms with Gasteiger partial charge in [-0.25, -0.2) is 9.18 Å². The molecule has 0 aliphatic carbocycles. The lowest BCUT2D eigenvalue weighted by Crippen LogP contribution is -2.67. The summed E-state index contributed by atoms with van der Waals surface area (Å²) < 4.78 is 30.6. The topological polar surface area (TPSA) is 68.3 Å². The minimum absolute atomic E-state index is 0.246. The summed E-state index contributed by atoms with van der Waals surface area (Å²) in [7, 11) is 2.98. The molecule has 5 rings (SSSR count). The summed E-state index contributed by atoms with van der Waals surface area (Å²) in [5.74, 6) is 0.516. The highest BCUT2D eigenvalue weighted by molar-refractivity contribution is 6.10. The van der Waals surface area contributed by atoms with Crippen LogP contribution in [0.25, 0.3) is 0 Å². The van der Waals surface area contributed by atoms with Crippen molar-refractivity contribution < 1.29 is 28.2 Å². The number of halogens is 1. The molecule has 1 fully saturated rings. The van der Waals surface area contributed by atoms with Crippen molar-refractivity contribution >= 4 is 17.6 Å². The first kappa shape index (κ1) is 21.8. The quantitative estimate of drug-likeness (QED) is 0.535. The number of carbonyl (C=O) groups excluding carboxylic acids is 2. The fourth-order valence-electron chi connectivity index (χ4n) is 4.68. The van der Waals surface area contributed by atoms with E-state index in [1.54, 1.807) is 25.1 Å². The standard InChI is InChI=1S/C26H23FN2O5/c1-26-15-22(21-6-4-5-7-23(21)34-26)28(25(31)29(26)18-10-8-17(27)9-11-18)24(30)16-12-19(32-2)14-20(13-16)33-3/h4-14,22H,15H2,1-3H3. The number of urea groups is 1. The molecular formula is C26H23FN2O5. The third-order valence-corrected chi connectivity index (χ3v) is 6.26. The molecule has 2 bridgehead atoms. The van der Waals surface area contributed by atoms with Gasteiger partial charge in [0.05, 0.1) is 20.3 Å². The SMILES string of the molecule is COc1cc(OC)cc(C(=O)N2C(=O)N(c3ccc(F)cc3)C3(C)CC2c2ccccc2O3)c1. The number of hydrogen-bond acceptors (Lipinski definition) is 5. The van der Waals surface area contributed by atoms with Crippen LogP contribution in [-0.2, 0) is 0 Å². The fourth-order valence-corrected chi connectivity index (χ4v) is 4.68. The molecule has 2 aliphatic rings. The molecule has 0 saturated carbocycles. The molecule has 2 aliphatic heterocycles. The van der Waals surface area contributed by atoms with Crippen LogP contribution in [0.15, 0.2) is 66.7 Å². The summed E-state index contributed by atoms with van der Waals surface area (Å²) in [5, 5.41) is 0. The van der Waals surface area contributed by atoms with Gasteiger partial charge in [-0.15, -0.1) is 0 Å². The molecule has 2 atom stereocenters. The van der Waals surface area contributed by atoms with Crippen LogP contribution < -0.4 is 19.1 Å². The van der Waals surface area contributed by atoms with E-state index in [4.69, 9.17) is 14.2 Å². The zero-order valence-electron chi connectivity index (χ0n) is 18.9. The number of methoxy groups -OCH3 is 2. The Morgan fingerprint density at radius 2 is 1.68 bits per heavy atom. The van der Waals surface area contributed by atoms with E-state index in [0.29, 0.717) is 29.4 Å².